The van der Waals surface area contributed by atoms with Gasteiger partial charge in [0.2, 0.25) is 0 Å². The Kier molecular flexibility index (Phi) is 18.1. The van der Waals surface area contributed by atoms with Gasteiger partial charge in [0.05, 0.1) is 5.41 Å². The van der Waals surface area contributed by atoms with Gasteiger partial charge in [-0.05, 0) is 46.5 Å². The zero-order chi connectivity index (χ0) is 21.1. The van der Waals surface area contributed by atoms with Crippen LogP contribution >= 0.6 is 0 Å². The zero-order valence-corrected chi connectivity index (χ0v) is 20.1. The minimum absolute atomic E-state index is 0.0319. The van der Waals surface area contributed by atoms with Gasteiger partial charge < -0.3 is 4.74 Å². The van der Waals surface area contributed by atoms with Crippen LogP contribution in [-0.2, 0) is 9.53 Å². The van der Waals surface area contributed by atoms with Crippen LogP contribution in [0.1, 0.15) is 150 Å². The number of carbonyl (C=O) groups excluding carboxylic acids is 1. The number of rotatable bonds is 19. The summed E-state index contributed by atoms with van der Waals surface area (Å²) < 4.78 is 5.89. The molecule has 0 amide bonds. The largest absolute Gasteiger partial charge is 0.462 e. The highest BCUT2D eigenvalue weighted by Crippen LogP contribution is 2.22. The molecule has 0 rings (SSSR count). The fourth-order valence-corrected chi connectivity index (χ4v) is 3.60. The average molecular weight is 397 g/mol. The molecule has 0 aliphatic rings. The third-order valence-electron chi connectivity index (χ3n) is 5.65. The molecule has 0 fully saturated rings. The van der Waals surface area contributed by atoms with Crippen molar-refractivity contribution in [2.75, 3.05) is 0 Å². The second-order valence-corrected chi connectivity index (χ2v) is 9.80. The highest BCUT2D eigenvalue weighted by molar-refractivity contribution is 5.75. The average Bonchev–Trinajstić information content (AvgIpc) is 2.64. The maximum absolute atomic E-state index is 12.3. The summed E-state index contributed by atoms with van der Waals surface area (Å²) in [7, 11) is 0. The molecule has 1 atom stereocenters. The molecular formula is C26H52O2. The van der Waals surface area contributed by atoms with E-state index in [-0.39, 0.29) is 12.1 Å². The van der Waals surface area contributed by atoms with Crippen molar-refractivity contribution in [2.45, 2.75) is 156 Å². The highest BCUT2D eigenvalue weighted by Gasteiger charge is 2.26. The SMILES string of the molecule is CCCCCCCCCCCCC(CCCCCCCC)OC(=O)C(C)(C)C. The van der Waals surface area contributed by atoms with E-state index in [1.165, 1.54) is 103 Å². The lowest BCUT2D eigenvalue weighted by atomic mass is 9.96. The van der Waals surface area contributed by atoms with Gasteiger partial charge in [-0.3, -0.25) is 4.79 Å². The fourth-order valence-electron chi connectivity index (χ4n) is 3.60. The summed E-state index contributed by atoms with van der Waals surface area (Å²) in [6.07, 6.45) is 23.6. The molecule has 2 heteroatoms. The topological polar surface area (TPSA) is 26.3 Å². The zero-order valence-electron chi connectivity index (χ0n) is 20.1. The van der Waals surface area contributed by atoms with E-state index < -0.39 is 5.41 Å². The Balaban J connectivity index is 3.95. The summed E-state index contributed by atoms with van der Waals surface area (Å²) >= 11 is 0. The first-order valence-electron chi connectivity index (χ1n) is 12.6. The summed E-state index contributed by atoms with van der Waals surface area (Å²) in [6, 6.07) is 0. The second kappa shape index (κ2) is 18.5. The predicted molar refractivity (Wildman–Crippen MR) is 124 cm³/mol. The van der Waals surface area contributed by atoms with E-state index in [1.54, 1.807) is 0 Å². The molecule has 28 heavy (non-hydrogen) atoms. The van der Waals surface area contributed by atoms with Crippen molar-refractivity contribution >= 4 is 5.97 Å². The molecule has 0 radical (unpaired) electrons. The van der Waals surface area contributed by atoms with Crippen molar-refractivity contribution in [3.63, 3.8) is 0 Å². The van der Waals surface area contributed by atoms with Gasteiger partial charge in [0.1, 0.15) is 6.10 Å². The smallest absolute Gasteiger partial charge is 0.311 e. The van der Waals surface area contributed by atoms with Crippen LogP contribution in [0.4, 0.5) is 0 Å². The van der Waals surface area contributed by atoms with E-state index in [9.17, 15) is 4.79 Å². The summed E-state index contributed by atoms with van der Waals surface area (Å²) in [4.78, 5) is 12.3. The molecule has 0 N–H and O–H groups in total. The van der Waals surface area contributed by atoms with E-state index in [0.717, 1.165) is 12.8 Å². The summed E-state index contributed by atoms with van der Waals surface area (Å²) in [6.45, 7) is 10.4. The lowest BCUT2D eigenvalue weighted by molar-refractivity contribution is -0.159. The first-order chi connectivity index (χ1) is 13.4. The quantitative estimate of drug-likeness (QED) is 0.161. The van der Waals surface area contributed by atoms with E-state index >= 15 is 0 Å². The number of ether oxygens (including phenoxy) is 1. The van der Waals surface area contributed by atoms with E-state index in [1.807, 2.05) is 20.8 Å². The molecule has 0 aromatic heterocycles. The van der Waals surface area contributed by atoms with Gasteiger partial charge in [-0.15, -0.1) is 0 Å². The number of unbranched alkanes of at least 4 members (excludes halogenated alkanes) is 14. The molecule has 0 aliphatic heterocycles. The second-order valence-electron chi connectivity index (χ2n) is 9.80. The molecule has 2 nitrogen and oxygen atoms in total. The standard InChI is InChI=1S/C26H52O2/c1-6-8-10-12-14-15-16-17-19-21-23-24(28-25(27)26(3,4)5)22-20-18-13-11-9-7-2/h24H,6-23H2,1-5H3. The van der Waals surface area contributed by atoms with Crippen molar-refractivity contribution in [2.24, 2.45) is 5.41 Å². The molecule has 0 bridgehead atoms. The molecular weight excluding hydrogens is 344 g/mol. The summed E-state index contributed by atoms with van der Waals surface area (Å²) in [5, 5.41) is 0. The van der Waals surface area contributed by atoms with E-state index in [4.69, 9.17) is 4.74 Å². The molecule has 0 aromatic carbocycles. The molecule has 168 valence electrons. The first kappa shape index (κ1) is 27.5. The molecule has 0 saturated carbocycles. The van der Waals surface area contributed by atoms with Crippen LogP contribution < -0.4 is 0 Å². The van der Waals surface area contributed by atoms with Gasteiger partial charge in [-0.1, -0.05) is 104 Å². The molecule has 0 aliphatic carbocycles. The first-order valence-corrected chi connectivity index (χ1v) is 12.6. The van der Waals surface area contributed by atoms with Gasteiger partial charge in [0.15, 0.2) is 0 Å². The van der Waals surface area contributed by atoms with Crippen molar-refractivity contribution < 1.29 is 9.53 Å². The van der Waals surface area contributed by atoms with Crippen LogP contribution in [0, 0.1) is 5.41 Å². The van der Waals surface area contributed by atoms with Gasteiger partial charge in [0, 0.05) is 0 Å². The van der Waals surface area contributed by atoms with Gasteiger partial charge in [-0.25, -0.2) is 0 Å². The molecule has 0 aromatic rings. The van der Waals surface area contributed by atoms with Crippen LogP contribution in [0.25, 0.3) is 0 Å². The van der Waals surface area contributed by atoms with Gasteiger partial charge in [0.25, 0.3) is 0 Å². The van der Waals surface area contributed by atoms with Crippen LogP contribution in [0.3, 0.4) is 0 Å². The Labute approximate surface area is 177 Å². The van der Waals surface area contributed by atoms with E-state index in [2.05, 4.69) is 13.8 Å². The predicted octanol–water partition coefficient (Wildman–Crippen LogP) is 9.01. The molecule has 0 spiro atoms. The van der Waals surface area contributed by atoms with Crippen LogP contribution in [0.5, 0.6) is 0 Å². The van der Waals surface area contributed by atoms with Crippen molar-refractivity contribution in [1.29, 1.82) is 0 Å². The third kappa shape index (κ3) is 17.6. The highest BCUT2D eigenvalue weighted by atomic mass is 16.5. The lowest BCUT2D eigenvalue weighted by Crippen LogP contribution is -2.28. The third-order valence-corrected chi connectivity index (χ3v) is 5.65. The Morgan fingerprint density at radius 1 is 0.607 bits per heavy atom. The minimum atomic E-state index is -0.392. The Morgan fingerprint density at radius 3 is 1.25 bits per heavy atom. The number of esters is 1. The monoisotopic (exact) mass is 396 g/mol. The van der Waals surface area contributed by atoms with Crippen LogP contribution in [0.2, 0.25) is 0 Å². The number of hydrogen-bond acceptors (Lipinski definition) is 2. The number of carbonyl (C=O) groups is 1. The molecule has 0 saturated heterocycles. The lowest BCUT2D eigenvalue weighted by Gasteiger charge is -2.23. The van der Waals surface area contributed by atoms with Crippen molar-refractivity contribution in [3.05, 3.63) is 0 Å². The van der Waals surface area contributed by atoms with Crippen LogP contribution in [-0.4, -0.2) is 12.1 Å². The van der Waals surface area contributed by atoms with Crippen molar-refractivity contribution in [1.82, 2.24) is 0 Å². The van der Waals surface area contributed by atoms with Gasteiger partial charge in [-0.2, -0.15) is 0 Å². The Hall–Kier alpha value is -0.530. The molecule has 0 heterocycles. The minimum Gasteiger partial charge on any atom is -0.462 e. The van der Waals surface area contributed by atoms with Crippen molar-refractivity contribution in [3.8, 4) is 0 Å². The maximum Gasteiger partial charge on any atom is 0.311 e. The fraction of sp³-hybridized carbons (Fsp3) is 0.962. The normalized spacial score (nSPS) is 12.9. The molecule has 1 unspecified atom stereocenters. The number of hydrogen-bond donors (Lipinski definition) is 0. The van der Waals surface area contributed by atoms with Crippen LogP contribution in [0.15, 0.2) is 0 Å². The van der Waals surface area contributed by atoms with Gasteiger partial charge >= 0.3 is 5.97 Å². The summed E-state index contributed by atoms with van der Waals surface area (Å²) in [5.74, 6) is -0.0319. The Bertz CT molecular complexity index is 343. The van der Waals surface area contributed by atoms with E-state index in [0.29, 0.717) is 0 Å². The maximum atomic E-state index is 12.3. The Morgan fingerprint density at radius 2 is 0.929 bits per heavy atom. The summed E-state index contributed by atoms with van der Waals surface area (Å²) in [5.41, 5.74) is -0.392.